The summed E-state index contributed by atoms with van der Waals surface area (Å²) in [5.41, 5.74) is 0. The highest BCUT2D eigenvalue weighted by Gasteiger charge is 2.30. The van der Waals surface area contributed by atoms with E-state index in [9.17, 15) is 0 Å². The molecule has 1 aromatic heterocycles. The van der Waals surface area contributed by atoms with E-state index >= 15 is 0 Å². The molecule has 1 aliphatic rings. The number of rotatable bonds is 3. The maximum Gasteiger partial charge on any atom is 0.142 e. The molecule has 0 aliphatic carbocycles. The van der Waals surface area contributed by atoms with Crippen molar-refractivity contribution in [3.8, 4) is 0 Å². The lowest BCUT2D eigenvalue weighted by molar-refractivity contribution is 0.234. The van der Waals surface area contributed by atoms with Gasteiger partial charge in [0.2, 0.25) is 0 Å². The van der Waals surface area contributed by atoms with Gasteiger partial charge in [0.15, 0.2) is 0 Å². The Bertz CT molecular complexity index is 304. The fourth-order valence-corrected chi connectivity index (χ4v) is 2.51. The van der Waals surface area contributed by atoms with E-state index < -0.39 is 0 Å². The number of hydrogen-bond donors (Lipinski definition) is 0. The third-order valence-electron chi connectivity index (χ3n) is 3.21. The van der Waals surface area contributed by atoms with Gasteiger partial charge in [-0.15, -0.1) is 11.6 Å². The van der Waals surface area contributed by atoms with Gasteiger partial charge in [-0.05, 0) is 31.9 Å². The van der Waals surface area contributed by atoms with Crippen LogP contribution in [0.5, 0.6) is 0 Å². The van der Waals surface area contributed by atoms with Crippen molar-refractivity contribution in [3.63, 3.8) is 0 Å². The van der Waals surface area contributed by atoms with Gasteiger partial charge in [0.05, 0.1) is 6.54 Å². The fourth-order valence-electron chi connectivity index (χ4n) is 2.10. The third kappa shape index (κ3) is 2.47. The van der Waals surface area contributed by atoms with Crippen molar-refractivity contribution in [1.29, 1.82) is 0 Å². The molecule has 1 saturated heterocycles. The molecule has 1 aromatic rings. The highest BCUT2D eigenvalue weighted by atomic mass is 35.5. The van der Waals surface area contributed by atoms with Crippen LogP contribution in [0.15, 0.2) is 18.5 Å². The second-order valence-electron chi connectivity index (χ2n) is 4.08. The summed E-state index contributed by atoms with van der Waals surface area (Å²) in [6, 6.07) is 2.39. The Morgan fingerprint density at radius 2 is 2.20 bits per heavy atom. The van der Waals surface area contributed by atoms with Crippen molar-refractivity contribution in [1.82, 2.24) is 14.9 Å². The highest BCUT2D eigenvalue weighted by Crippen LogP contribution is 2.25. The molecule has 1 aliphatic heterocycles. The molecule has 15 heavy (non-hydrogen) atoms. The average molecular weight is 226 g/mol. The van der Waals surface area contributed by atoms with Gasteiger partial charge >= 0.3 is 0 Å². The zero-order chi connectivity index (χ0) is 10.7. The molecule has 0 amide bonds. The van der Waals surface area contributed by atoms with Crippen LogP contribution in [0.2, 0.25) is 0 Å². The van der Waals surface area contributed by atoms with Gasteiger partial charge in [-0.3, -0.25) is 4.90 Å². The molecule has 2 rings (SSSR count). The summed E-state index contributed by atoms with van der Waals surface area (Å²) in [5.74, 6) is 2.28. The summed E-state index contributed by atoms with van der Waals surface area (Å²) in [5, 5.41) is 0. The van der Waals surface area contributed by atoms with Gasteiger partial charge < -0.3 is 0 Å². The van der Waals surface area contributed by atoms with Crippen molar-refractivity contribution >= 4 is 11.6 Å². The first kappa shape index (κ1) is 10.8. The van der Waals surface area contributed by atoms with Gasteiger partial charge in [-0.1, -0.05) is 0 Å². The van der Waals surface area contributed by atoms with Crippen molar-refractivity contribution in [3.05, 3.63) is 24.3 Å². The summed E-state index contributed by atoms with van der Waals surface area (Å²) in [6.45, 7) is 4.19. The van der Waals surface area contributed by atoms with E-state index in [0.717, 1.165) is 24.8 Å². The van der Waals surface area contributed by atoms with Crippen LogP contribution in [-0.4, -0.2) is 33.3 Å². The Hall–Kier alpha value is -0.670. The lowest BCUT2D eigenvalue weighted by Gasteiger charge is -2.22. The van der Waals surface area contributed by atoms with E-state index in [1.54, 1.807) is 12.4 Å². The second kappa shape index (κ2) is 4.90. The molecule has 82 valence electrons. The molecule has 1 fully saturated rings. The van der Waals surface area contributed by atoms with E-state index in [2.05, 4.69) is 21.8 Å². The van der Waals surface area contributed by atoms with E-state index in [1.807, 2.05) is 6.07 Å². The Balaban J connectivity index is 1.96. The number of nitrogens with zero attached hydrogens (tertiary/aromatic N) is 3. The van der Waals surface area contributed by atoms with Gasteiger partial charge in [-0.25, -0.2) is 9.97 Å². The number of likely N-dealkylation sites (tertiary alicyclic amines) is 1. The Kier molecular flexibility index (Phi) is 3.54. The van der Waals surface area contributed by atoms with Crippen molar-refractivity contribution in [2.24, 2.45) is 5.92 Å². The zero-order valence-electron chi connectivity index (χ0n) is 8.93. The largest absolute Gasteiger partial charge is 0.293 e. The van der Waals surface area contributed by atoms with E-state index in [1.165, 1.54) is 6.42 Å². The first-order valence-electron chi connectivity index (χ1n) is 5.37. The van der Waals surface area contributed by atoms with Gasteiger partial charge in [0.25, 0.3) is 0 Å². The summed E-state index contributed by atoms with van der Waals surface area (Å²) < 4.78 is 0. The van der Waals surface area contributed by atoms with Crippen LogP contribution in [-0.2, 0) is 6.54 Å². The molecule has 2 atom stereocenters. The minimum Gasteiger partial charge on any atom is -0.293 e. The second-order valence-corrected chi connectivity index (χ2v) is 4.39. The van der Waals surface area contributed by atoms with Crippen LogP contribution >= 0.6 is 11.6 Å². The summed E-state index contributed by atoms with van der Waals surface area (Å²) in [4.78, 5) is 10.9. The first-order valence-corrected chi connectivity index (χ1v) is 5.90. The predicted octanol–water partition coefficient (Wildman–Crippen LogP) is 1.93. The molecule has 3 nitrogen and oxygen atoms in total. The smallest absolute Gasteiger partial charge is 0.142 e. The molecule has 0 radical (unpaired) electrons. The van der Waals surface area contributed by atoms with E-state index in [-0.39, 0.29) is 0 Å². The summed E-state index contributed by atoms with van der Waals surface area (Å²) >= 11 is 5.91. The molecule has 0 spiro atoms. The minimum atomic E-state index is 0.548. The van der Waals surface area contributed by atoms with Crippen LogP contribution in [0.3, 0.4) is 0 Å². The standard InChI is InChI=1S/C11H16ClN3/c1-9-10(7-12)3-6-15(9)8-11-13-4-2-5-14-11/h2,4-5,9-10H,3,6-8H2,1H3. The minimum absolute atomic E-state index is 0.548. The van der Waals surface area contributed by atoms with Crippen molar-refractivity contribution < 1.29 is 0 Å². The molecule has 0 bridgehead atoms. The fraction of sp³-hybridized carbons (Fsp3) is 0.636. The molecule has 2 heterocycles. The molecule has 0 saturated carbocycles. The van der Waals surface area contributed by atoms with Crippen LogP contribution in [0.4, 0.5) is 0 Å². The molecule has 0 N–H and O–H groups in total. The molecule has 0 aromatic carbocycles. The van der Waals surface area contributed by atoms with Gasteiger partial charge in [0.1, 0.15) is 5.82 Å². The number of alkyl halides is 1. The van der Waals surface area contributed by atoms with E-state index in [0.29, 0.717) is 12.0 Å². The number of aromatic nitrogens is 2. The Morgan fingerprint density at radius 1 is 1.47 bits per heavy atom. The quantitative estimate of drug-likeness (QED) is 0.737. The van der Waals surface area contributed by atoms with Crippen molar-refractivity contribution in [2.75, 3.05) is 12.4 Å². The molecule has 4 heteroatoms. The molecule has 2 unspecified atom stereocenters. The monoisotopic (exact) mass is 225 g/mol. The normalized spacial score (nSPS) is 27.1. The van der Waals surface area contributed by atoms with Gasteiger partial charge in [0, 0.05) is 24.3 Å². The van der Waals surface area contributed by atoms with Crippen molar-refractivity contribution in [2.45, 2.75) is 25.9 Å². The maximum absolute atomic E-state index is 5.91. The maximum atomic E-state index is 5.91. The lowest BCUT2D eigenvalue weighted by atomic mass is 10.1. The SMILES string of the molecule is CC1C(CCl)CCN1Cc1ncccn1. The number of hydrogen-bond acceptors (Lipinski definition) is 3. The van der Waals surface area contributed by atoms with E-state index in [4.69, 9.17) is 11.6 Å². The molecular weight excluding hydrogens is 210 g/mol. The zero-order valence-corrected chi connectivity index (χ0v) is 9.69. The van der Waals surface area contributed by atoms with Crippen LogP contribution in [0.1, 0.15) is 19.2 Å². The third-order valence-corrected chi connectivity index (χ3v) is 3.60. The van der Waals surface area contributed by atoms with Gasteiger partial charge in [-0.2, -0.15) is 0 Å². The highest BCUT2D eigenvalue weighted by molar-refractivity contribution is 6.18. The van der Waals surface area contributed by atoms with Crippen LogP contribution < -0.4 is 0 Å². The summed E-state index contributed by atoms with van der Waals surface area (Å²) in [7, 11) is 0. The lowest BCUT2D eigenvalue weighted by Crippen LogP contribution is -2.30. The summed E-state index contributed by atoms with van der Waals surface area (Å²) in [6.07, 6.45) is 4.78. The number of halogens is 1. The average Bonchev–Trinajstić information content (AvgIpc) is 2.62. The topological polar surface area (TPSA) is 29.0 Å². The Morgan fingerprint density at radius 3 is 2.80 bits per heavy atom. The molecular formula is C11H16ClN3. The predicted molar refractivity (Wildman–Crippen MR) is 60.7 cm³/mol. The van der Waals surface area contributed by atoms with Crippen LogP contribution in [0.25, 0.3) is 0 Å². The van der Waals surface area contributed by atoms with Crippen LogP contribution in [0, 0.1) is 5.92 Å². The Labute approximate surface area is 95.5 Å². The first-order chi connectivity index (χ1) is 7.31.